The zero-order chi connectivity index (χ0) is 17.9. The van der Waals surface area contributed by atoms with E-state index in [2.05, 4.69) is 9.62 Å². The minimum Gasteiger partial charge on any atom is -0.300 e. The highest BCUT2D eigenvalue weighted by Crippen LogP contribution is 2.26. The van der Waals surface area contributed by atoms with E-state index in [4.69, 9.17) is 0 Å². The van der Waals surface area contributed by atoms with Gasteiger partial charge < -0.3 is 0 Å². The smallest absolute Gasteiger partial charge is 0.215 e. The first-order valence-electron chi connectivity index (χ1n) is 8.66. The lowest BCUT2D eigenvalue weighted by Crippen LogP contribution is -2.43. The van der Waals surface area contributed by atoms with Crippen molar-refractivity contribution in [2.45, 2.75) is 31.1 Å². The molecule has 2 aliphatic heterocycles. The molecule has 2 saturated heterocycles. The van der Waals surface area contributed by atoms with Gasteiger partial charge in [-0.05, 0) is 62.2 Å². The van der Waals surface area contributed by atoms with Crippen molar-refractivity contribution in [3.05, 3.63) is 35.4 Å². The van der Waals surface area contributed by atoms with Crippen LogP contribution >= 0.6 is 11.8 Å². The average Bonchev–Trinajstić information content (AvgIpc) is 3.11. The fraction of sp³-hybridized carbons (Fsp3) is 0.647. The highest BCUT2D eigenvalue weighted by molar-refractivity contribution is 7.99. The Kier molecular flexibility index (Phi) is 6.35. The maximum atomic E-state index is 13.6. The zero-order valence-corrected chi connectivity index (χ0v) is 15.7. The minimum absolute atomic E-state index is 0.138. The van der Waals surface area contributed by atoms with Gasteiger partial charge in [0.2, 0.25) is 10.0 Å². The van der Waals surface area contributed by atoms with Gasteiger partial charge in [0.15, 0.2) is 0 Å². The van der Waals surface area contributed by atoms with Crippen LogP contribution in [0.5, 0.6) is 0 Å². The molecule has 2 aliphatic rings. The summed E-state index contributed by atoms with van der Waals surface area (Å²) in [4.78, 5) is 2.52. The van der Waals surface area contributed by atoms with E-state index in [1.54, 1.807) is 0 Å². The average molecular weight is 391 g/mol. The summed E-state index contributed by atoms with van der Waals surface area (Å²) >= 11 is 2.00. The van der Waals surface area contributed by atoms with Crippen molar-refractivity contribution >= 4 is 21.8 Å². The van der Waals surface area contributed by atoms with E-state index in [0.29, 0.717) is 18.5 Å². The molecule has 8 heteroatoms. The van der Waals surface area contributed by atoms with Gasteiger partial charge in [-0.3, -0.25) is 4.90 Å². The standard InChI is InChI=1S/C17H24F2N2O2S2/c18-15-1-2-17(19)14(9-15)12-25(22,23)20-10-13-3-6-21(7-4-13)16-5-8-24-11-16/h1-2,9,13,16,20H,3-8,10-12H2/t16-/m0/s1. The van der Waals surface area contributed by atoms with E-state index in [9.17, 15) is 17.2 Å². The maximum Gasteiger partial charge on any atom is 0.215 e. The number of halogens is 2. The van der Waals surface area contributed by atoms with Gasteiger partial charge >= 0.3 is 0 Å². The Hall–Kier alpha value is -0.700. The third kappa shape index (κ3) is 5.39. The van der Waals surface area contributed by atoms with E-state index in [1.165, 1.54) is 17.9 Å². The van der Waals surface area contributed by atoms with Gasteiger partial charge in [0.1, 0.15) is 11.6 Å². The first kappa shape index (κ1) is 19.1. The fourth-order valence-electron chi connectivity index (χ4n) is 3.49. The molecule has 1 atom stereocenters. The van der Waals surface area contributed by atoms with Crippen LogP contribution in [0.2, 0.25) is 0 Å². The number of benzene rings is 1. The molecule has 0 unspecified atom stereocenters. The normalized spacial score (nSPS) is 23.2. The van der Waals surface area contributed by atoms with Crippen molar-refractivity contribution in [2.24, 2.45) is 5.92 Å². The fourth-order valence-corrected chi connectivity index (χ4v) is 5.96. The Morgan fingerprint density at radius 1 is 1.20 bits per heavy atom. The summed E-state index contributed by atoms with van der Waals surface area (Å²) in [6.07, 6.45) is 3.19. The second kappa shape index (κ2) is 8.33. The Balaban J connectivity index is 1.47. The highest BCUT2D eigenvalue weighted by Gasteiger charge is 2.28. The molecule has 0 amide bonds. The van der Waals surface area contributed by atoms with Crippen molar-refractivity contribution in [3.63, 3.8) is 0 Å². The minimum atomic E-state index is -3.68. The van der Waals surface area contributed by atoms with E-state index >= 15 is 0 Å². The molecule has 1 N–H and O–H groups in total. The van der Waals surface area contributed by atoms with Gasteiger partial charge in [0, 0.05) is 23.9 Å². The molecule has 25 heavy (non-hydrogen) atoms. The molecular formula is C17H24F2N2O2S2. The molecule has 3 rings (SSSR count). The van der Waals surface area contributed by atoms with Crippen LogP contribution in [0.4, 0.5) is 8.78 Å². The largest absolute Gasteiger partial charge is 0.300 e. The van der Waals surface area contributed by atoms with Crippen molar-refractivity contribution in [3.8, 4) is 0 Å². The SMILES string of the molecule is O=S(=O)(Cc1cc(F)ccc1F)NCC1CCN([C@H]2CCSC2)CC1. The molecular weight excluding hydrogens is 366 g/mol. The number of nitrogens with zero attached hydrogens (tertiary/aromatic N) is 1. The summed E-state index contributed by atoms with van der Waals surface area (Å²) in [5, 5.41) is 0. The number of piperidine rings is 1. The lowest BCUT2D eigenvalue weighted by atomic mass is 9.96. The zero-order valence-electron chi connectivity index (χ0n) is 14.1. The second-order valence-corrected chi connectivity index (χ2v) is 9.80. The van der Waals surface area contributed by atoms with Crippen LogP contribution in [0.1, 0.15) is 24.8 Å². The number of nitrogens with one attached hydrogen (secondary N) is 1. The molecule has 0 radical (unpaired) electrons. The number of sulfonamides is 1. The predicted octanol–water partition coefficient (Wildman–Crippen LogP) is 2.60. The summed E-state index contributed by atoms with van der Waals surface area (Å²) in [7, 11) is -3.68. The number of hydrogen-bond donors (Lipinski definition) is 1. The topological polar surface area (TPSA) is 49.4 Å². The summed E-state index contributed by atoms with van der Waals surface area (Å²) < 4.78 is 53.7. The molecule has 0 spiro atoms. The summed E-state index contributed by atoms with van der Waals surface area (Å²) in [6.45, 7) is 2.39. The molecule has 2 fully saturated rings. The van der Waals surface area contributed by atoms with Gasteiger partial charge in [-0.1, -0.05) is 0 Å². The van der Waals surface area contributed by atoms with Gasteiger partial charge in [-0.15, -0.1) is 0 Å². The molecule has 4 nitrogen and oxygen atoms in total. The summed E-state index contributed by atoms with van der Waals surface area (Å²) in [5.74, 6) is 0.878. The quantitative estimate of drug-likeness (QED) is 0.811. The van der Waals surface area contributed by atoms with Crippen LogP contribution in [0.15, 0.2) is 18.2 Å². The summed E-state index contributed by atoms with van der Waals surface area (Å²) in [6, 6.07) is 3.55. The van der Waals surface area contributed by atoms with Gasteiger partial charge in [0.25, 0.3) is 0 Å². The van der Waals surface area contributed by atoms with Crippen LogP contribution < -0.4 is 4.72 Å². The van der Waals surface area contributed by atoms with E-state index in [1.807, 2.05) is 11.8 Å². The molecule has 0 aliphatic carbocycles. The van der Waals surface area contributed by atoms with Gasteiger partial charge in [-0.2, -0.15) is 11.8 Å². The van der Waals surface area contributed by atoms with E-state index in [-0.39, 0.29) is 5.56 Å². The van der Waals surface area contributed by atoms with Crippen LogP contribution in [-0.2, 0) is 15.8 Å². The van der Waals surface area contributed by atoms with Gasteiger partial charge in [-0.25, -0.2) is 21.9 Å². The lowest BCUT2D eigenvalue weighted by molar-refractivity contribution is 0.145. The van der Waals surface area contributed by atoms with Crippen LogP contribution in [-0.4, -0.2) is 50.5 Å². The Morgan fingerprint density at radius 3 is 2.64 bits per heavy atom. The first-order chi connectivity index (χ1) is 11.9. The Bertz CT molecular complexity index is 686. The molecule has 140 valence electrons. The molecule has 2 heterocycles. The van der Waals surface area contributed by atoms with Crippen LogP contribution in [0.25, 0.3) is 0 Å². The highest BCUT2D eigenvalue weighted by atomic mass is 32.2. The van der Waals surface area contributed by atoms with Crippen LogP contribution in [0.3, 0.4) is 0 Å². The Labute approximate surface area is 152 Å². The number of likely N-dealkylation sites (tertiary alicyclic amines) is 1. The van der Waals surface area contributed by atoms with Crippen molar-refractivity contribution in [1.82, 2.24) is 9.62 Å². The number of thioether (sulfide) groups is 1. The third-order valence-corrected chi connectivity index (χ3v) is 7.46. The van der Waals surface area contributed by atoms with Crippen molar-refractivity contribution in [2.75, 3.05) is 31.1 Å². The number of hydrogen-bond acceptors (Lipinski definition) is 4. The molecule has 1 aromatic carbocycles. The van der Waals surface area contributed by atoms with Crippen LogP contribution in [0, 0.1) is 17.6 Å². The van der Waals surface area contributed by atoms with E-state index < -0.39 is 27.4 Å². The first-order valence-corrected chi connectivity index (χ1v) is 11.5. The molecule has 0 bridgehead atoms. The van der Waals surface area contributed by atoms with Crippen molar-refractivity contribution in [1.29, 1.82) is 0 Å². The number of rotatable bonds is 6. The Morgan fingerprint density at radius 2 is 1.96 bits per heavy atom. The third-order valence-electron chi connectivity index (χ3n) is 5.02. The van der Waals surface area contributed by atoms with Gasteiger partial charge in [0.05, 0.1) is 5.75 Å². The molecule has 0 aromatic heterocycles. The van der Waals surface area contributed by atoms with Crippen molar-refractivity contribution < 1.29 is 17.2 Å². The predicted molar refractivity (Wildman–Crippen MR) is 97.0 cm³/mol. The monoisotopic (exact) mass is 390 g/mol. The second-order valence-electron chi connectivity index (χ2n) is 6.84. The lowest BCUT2D eigenvalue weighted by Gasteiger charge is -2.35. The molecule has 0 saturated carbocycles. The summed E-state index contributed by atoms with van der Waals surface area (Å²) in [5.41, 5.74) is -0.138. The maximum absolute atomic E-state index is 13.6. The molecule has 1 aromatic rings. The van der Waals surface area contributed by atoms with E-state index in [0.717, 1.165) is 44.1 Å².